The van der Waals surface area contributed by atoms with Crippen molar-refractivity contribution in [2.24, 2.45) is 0 Å². The zero-order valence-corrected chi connectivity index (χ0v) is 14.4. The minimum Gasteiger partial charge on any atom is -0.462 e. The van der Waals surface area contributed by atoms with Crippen LogP contribution in [0.2, 0.25) is 0 Å². The number of aliphatic hydroxyl groups excluding tert-OH is 1. The summed E-state index contributed by atoms with van der Waals surface area (Å²) < 4.78 is 18.5. The molecular weight excluding hydrogens is 321 g/mol. The van der Waals surface area contributed by atoms with E-state index in [0.717, 1.165) is 18.4 Å². The SMILES string of the molecule is CCOC(=O)c1ccc(CCCNC[C@H](O)c2ccccc2F)cc1. The molecule has 0 unspecified atom stereocenters. The van der Waals surface area contributed by atoms with E-state index in [0.29, 0.717) is 30.8 Å². The molecule has 0 aromatic heterocycles. The number of halogens is 1. The van der Waals surface area contributed by atoms with Gasteiger partial charge in [0.1, 0.15) is 5.82 Å². The van der Waals surface area contributed by atoms with Gasteiger partial charge < -0.3 is 15.2 Å². The minimum atomic E-state index is -0.856. The molecule has 134 valence electrons. The second kappa shape index (κ2) is 9.91. The number of ether oxygens (including phenoxy) is 1. The van der Waals surface area contributed by atoms with Crippen LogP contribution in [0, 0.1) is 5.82 Å². The molecule has 0 spiro atoms. The highest BCUT2D eigenvalue weighted by Crippen LogP contribution is 2.15. The molecule has 2 aromatic carbocycles. The average Bonchev–Trinajstić information content (AvgIpc) is 2.62. The zero-order chi connectivity index (χ0) is 18.1. The summed E-state index contributed by atoms with van der Waals surface area (Å²) in [6, 6.07) is 13.6. The molecule has 0 heterocycles. The van der Waals surface area contributed by atoms with Crippen molar-refractivity contribution >= 4 is 5.97 Å². The maximum Gasteiger partial charge on any atom is 0.338 e. The molecule has 25 heavy (non-hydrogen) atoms. The third kappa shape index (κ3) is 5.96. The van der Waals surface area contributed by atoms with Crippen molar-refractivity contribution < 1.29 is 19.0 Å². The van der Waals surface area contributed by atoms with Crippen LogP contribution in [0.5, 0.6) is 0 Å². The molecule has 1 atom stereocenters. The van der Waals surface area contributed by atoms with Crippen LogP contribution < -0.4 is 5.32 Å². The molecule has 5 heteroatoms. The number of aryl methyl sites for hydroxylation is 1. The highest BCUT2D eigenvalue weighted by Gasteiger charge is 2.11. The summed E-state index contributed by atoms with van der Waals surface area (Å²) in [5.41, 5.74) is 1.99. The standard InChI is InChI=1S/C20H24FNO3/c1-2-25-20(24)16-11-9-15(10-12-16)6-5-13-22-14-19(23)17-7-3-4-8-18(17)21/h3-4,7-12,19,22-23H,2,5-6,13-14H2,1H3/t19-/m0/s1. The molecule has 2 aromatic rings. The third-order valence-electron chi connectivity index (χ3n) is 3.89. The van der Waals surface area contributed by atoms with E-state index in [1.165, 1.54) is 6.07 Å². The second-order valence-corrected chi connectivity index (χ2v) is 5.76. The molecule has 0 aliphatic carbocycles. The summed E-state index contributed by atoms with van der Waals surface area (Å²) in [7, 11) is 0. The summed E-state index contributed by atoms with van der Waals surface area (Å²) in [6.45, 7) is 3.17. The summed E-state index contributed by atoms with van der Waals surface area (Å²) in [6.07, 6.45) is 0.874. The normalized spacial score (nSPS) is 12.0. The lowest BCUT2D eigenvalue weighted by molar-refractivity contribution is 0.0526. The Bertz CT molecular complexity index is 673. The number of hydrogen-bond acceptors (Lipinski definition) is 4. The van der Waals surface area contributed by atoms with Crippen molar-refractivity contribution in [3.63, 3.8) is 0 Å². The number of carbonyl (C=O) groups is 1. The van der Waals surface area contributed by atoms with E-state index < -0.39 is 11.9 Å². The minimum absolute atomic E-state index is 0.308. The molecule has 0 aliphatic heterocycles. The maximum atomic E-state index is 13.6. The van der Waals surface area contributed by atoms with Gasteiger partial charge >= 0.3 is 5.97 Å². The zero-order valence-electron chi connectivity index (χ0n) is 14.4. The molecule has 2 N–H and O–H groups in total. The van der Waals surface area contributed by atoms with Crippen molar-refractivity contribution in [3.05, 3.63) is 71.0 Å². The van der Waals surface area contributed by atoms with E-state index in [-0.39, 0.29) is 5.97 Å². The second-order valence-electron chi connectivity index (χ2n) is 5.76. The van der Waals surface area contributed by atoms with Gasteiger partial charge in [-0.05, 0) is 50.1 Å². The molecule has 0 saturated carbocycles. The van der Waals surface area contributed by atoms with E-state index >= 15 is 0 Å². The summed E-state index contributed by atoms with van der Waals surface area (Å²) in [5.74, 6) is -0.698. The molecule has 0 bridgehead atoms. The average molecular weight is 345 g/mol. The van der Waals surface area contributed by atoms with Gasteiger partial charge in [0.2, 0.25) is 0 Å². The Morgan fingerprint density at radius 1 is 1.20 bits per heavy atom. The van der Waals surface area contributed by atoms with Crippen molar-refractivity contribution in [1.29, 1.82) is 0 Å². The van der Waals surface area contributed by atoms with Gasteiger partial charge in [0.15, 0.2) is 0 Å². The Hall–Kier alpha value is -2.24. The molecule has 0 amide bonds. The van der Waals surface area contributed by atoms with Crippen LogP contribution >= 0.6 is 0 Å². The number of benzene rings is 2. The van der Waals surface area contributed by atoms with Crippen molar-refractivity contribution in [1.82, 2.24) is 5.32 Å². The third-order valence-corrected chi connectivity index (χ3v) is 3.89. The summed E-state index contributed by atoms with van der Waals surface area (Å²) in [4.78, 5) is 11.6. The van der Waals surface area contributed by atoms with Crippen LogP contribution in [-0.4, -0.2) is 30.8 Å². The largest absolute Gasteiger partial charge is 0.462 e. The number of carbonyl (C=O) groups excluding carboxylic acids is 1. The first-order valence-corrected chi connectivity index (χ1v) is 8.51. The van der Waals surface area contributed by atoms with Crippen molar-refractivity contribution in [2.45, 2.75) is 25.9 Å². The Kier molecular flexibility index (Phi) is 7.57. The molecule has 0 saturated heterocycles. The van der Waals surface area contributed by atoms with Gasteiger partial charge in [0.25, 0.3) is 0 Å². The first-order chi connectivity index (χ1) is 12.1. The van der Waals surface area contributed by atoms with Gasteiger partial charge in [-0.2, -0.15) is 0 Å². The number of esters is 1. The van der Waals surface area contributed by atoms with E-state index in [9.17, 15) is 14.3 Å². The number of aliphatic hydroxyl groups is 1. The summed E-state index contributed by atoms with van der Waals surface area (Å²) >= 11 is 0. The molecule has 0 radical (unpaired) electrons. The van der Waals surface area contributed by atoms with Gasteiger partial charge in [-0.1, -0.05) is 30.3 Å². The van der Waals surface area contributed by atoms with Gasteiger partial charge in [0, 0.05) is 12.1 Å². The Balaban J connectivity index is 1.69. The van der Waals surface area contributed by atoms with Crippen LogP contribution in [0.4, 0.5) is 4.39 Å². The van der Waals surface area contributed by atoms with Crippen LogP contribution in [-0.2, 0) is 11.2 Å². The summed E-state index contributed by atoms with van der Waals surface area (Å²) in [5, 5.41) is 13.1. The van der Waals surface area contributed by atoms with E-state index in [2.05, 4.69) is 5.32 Å². The van der Waals surface area contributed by atoms with Crippen LogP contribution in [0.25, 0.3) is 0 Å². The number of hydrogen-bond donors (Lipinski definition) is 2. The maximum absolute atomic E-state index is 13.6. The van der Waals surface area contributed by atoms with E-state index in [1.807, 2.05) is 12.1 Å². The smallest absolute Gasteiger partial charge is 0.338 e. The van der Waals surface area contributed by atoms with Crippen molar-refractivity contribution in [2.75, 3.05) is 19.7 Å². The predicted octanol–water partition coefficient (Wildman–Crippen LogP) is 3.26. The number of rotatable bonds is 9. The lowest BCUT2D eigenvalue weighted by Gasteiger charge is -2.13. The lowest BCUT2D eigenvalue weighted by Crippen LogP contribution is -2.23. The molecule has 2 rings (SSSR count). The fourth-order valence-corrected chi connectivity index (χ4v) is 2.53. The van der Waals surface area contributed by atoms with Gasteiger partial charge in [-0.25, -0.2) is 9.18 Å². The monoisotopic (exact) mass is 345 g/mol. The molecule has 4 nitrogen and oxygen atoms in total. The predicted molar refractivity (Wildman–Crippen MR) is 94.9 cm³/mol. The Labute approximate surface area is 147 Å². The molecule has 0 aliphatic rings. The Morgan fingerprint density at radius 3 is 2.60 bits per heavy atom. The van der Waals surface area contributed by atoms with Crippen LogP contribution in [0.1, 0.15) is 40.9 Å². The first kappa shape index (κ1) is 19.1. The quantitative estimate of drug-likeness (QED) is 0.541. The van der Waals surface area contributed by atoms with Crippen LogP contribution in [0.15, 0.2) is 48.5 Å². The van der Waals surface area contributed by atoms with E-state index in [4.69, 9.17) is 4.74 Å². The van der Waals surface area contributed by atoms with Gasteiger partial charge in [-0.3, -0.25) is 0 Å². The van der Waals surface area contributed by atoms with Crippen molar-refractivity contribution in [3.8, 4) is 0 Å². The van der Waals surface area contributed by atoms with Crippen LogP contribution in [0.3, 0.4) is 0 Å². The number of nitrogens with one attached hydrogen (secondary N) is 1. The first-order valence-electron chi connectivity index (χ1n) is 8.51. The Morgan fingerprint density at radius 2 is 1.92 bits per heavy atom. The highest BCUT2D eigenvalue weighted by molar-refractivity contribution is 5.89. The van der Waals surface area contributed by atoms with E-state index in [1.54, 1.807) is 37.3 Å². The lowest BCUT2D eigenvalue weighted by atomic mass is 10.1. The highest BCUT2D eigenvalue weighted by atomic mass is 19.1. The fraction of sp³-hybridized carbons (Fsp3) is 0.350. The fourth-order valence-electron chi connectivity index (χ4n) is 2.53. The molecular formula is C20H24FNO3. The van der Waals surface area contributed by atoms with Gasteiger partial charge in [0.05, 0.1) is 18.3 Å². The van der Waals surface area contributed by atoms with Gasteiger partial charge in [-0.15, -0.1) is 0 Å². The topological polar surface area (TPSA) is 58.6 Å². The molecule has 0 fully saturated rings.